The topological polar surface area (TPSA) is 29.3 Å². The van der Waals surface area contributed by atoms with Crippen molar-refractivity contribution < 1.29 is 0 Å². The first-order chi connectivity index (χ1) is 9.28. The standard InChI is InChI=1S/C17H32N2/c1-2-13-7-8-16(18)17(11-13)19-10-9-14-5-3-4-6-15(14)12-19/h13-17H,2-12,18H2,1H3. The average molecular weight is 264 g/mol. The van der Waals surface area contributed by atoms with Crippen LogP contribution in [-0.4, -0.2) is 30.1 Å². The zero-order valence-corrected chi connectivity index (χ0v) is 12.7. The van der Waals surface area contributed by atoms with Crippen LogP contribution in [0.3, 0.4) is 0 Å². The Labute approximate surface area is 119 Å². The monoisotopic (exact) mass is 264 g/mol. The first-order valence-electron chi connectivity index (χ1n) is 8.77. The maximum absolute atomic E-state index is 6.45. The van der Waals surface area contributed by atoms with Gasteiger partial charge >= 0.3 is 0 Å². The number of hydrogen-bond donors (Lipinski definition) is 1. The number of likely N-dealkylation sites (tertiary alicyclic amines) is 1. The third-order valence-electron chi connectivity index (χ3n) is 6.35. The third-order valence-corrected chi connectivity index (χ3v) is 6.35. The second-order valence-electron chi connectivity index (χ2n) is 7.41. The minimum Gasteiger partial charge on any atom is -0.326 e. The summed E-state index contributed by atoms with van der Waals surface area (Å²) in [4.78, 5) is 2.79. The van der Waals surface area contributed by atoms with Gasteiger partial charge in [-0.3, -0.25) is 4.90 Å². The maximum atomic E-state index is 6.45. The second kappa shape index (κ2) is 6.13. The molecule has 110 valence electrons. The van der Waals surface area contributed by atoms with E-state index in [0.29, 0.717) is 12.1 Å². The molecular weight excluding hydrogens is 232 g/mol. The fraction of sp³-hybridized carbons (Fsp3) is 1.00. The van der Waals surface area contributed by atoms with Crippen molar-refractivity contribution in [1.29, 1.82) is 0 Å². The molecule has 3 rings (SSSR count). The minimum atomic E-state index is 0.447. The van der Waals surface area contributed by atoms with Crippen molar-refractivity contribution in [2.75, 3.05) is 13.1 Å². The van der Waals surface area contributed by atoms with Crippen LogP contribution in [0.15, 0.2) is 0 Å². The van der Waals surface area contributed by atoms with E-state index in [4.69, 9.17) is 5.73 Å². The molecule has 2 aliphatic carbocycles. The average Bonchev–Trinajstić information content (AvgIpc) is 2.47. The lowest BCUT2D eigenvalue weighted by Gasteiger charge is -2.48. The van der Waals surface area contributed by atoms with Crippen LogP contribution in [0.2, 0.25) is 0 Å². The number of piperidine rings is 1. The van der Waals surface area contributed by atoms with Gasteiger partial charge in [0.25, 0.3) is 0 Å². The van der Waals surface area contributed by atoms with Crippen molar-refractivity contribution in [3.63, 3.8) is 0 Å². The van der Waals surface area contributed by atoms with E-state index < -0.39 is 0 Å². The van der Waals surface area contributed by atoms with Crippen LogP contribution in [0.25, 0.3) is 0 Å². The van der Waals surface area contributed by atoms with Gasteiger partial charge in [-0.25, -0.2) is 0 Å². The molecule has 0 aromatic rings. The molecule has 2 N–H and O–H groups in total. The third kappa shape index (κ3) is 3.00. The summed E-state index contributed by atoms with van der Waals surface area (Å²) in [5.74, 6) is 2.98. The predicted octanol–water partition coefficient (Wildman–Crippen LogP) is 3.40. The summed E-state index contributed by atoms with van der Waals surface area (Å²) < 4.78 is 0. The van der Waals surface area contributed by atoms with E-state index in [1.54, 1.807) is 0 Å². The molecule has 19 heavy (non-hydrogen) atoms. The highest BCUT2D eigenvalue weighted by Gasteiger charge is 2.37. The van der Waals surface area contributed by atoms with Gasteiger partial charge in [-0.15, -0.1) is 0 Å². The number of nitrogens with two attached hydrogens (primary N) is 1. The summed E-state index contributed by atoms with van der Waals surface area (Å²) in [6.07, 6.45) is 12.8. The summed E-state index contributed by atoms with van der Waals surface area (Å²) in [7, 11) is 0. The summed E-state index contributed by atoms with van der Waals surface area (Å²) in [6, 6.07) is 1.14. The van der Waals surface area contributed by atoms with Gasteiger partial charge in [-0.05, 0) is 56.4 Å². The second-order valence-corrected chi connectivity index (χ2v) is 7.41. The minimum absolute atomic E-state index is 0.447. The van der Waals surface area contributed by atoms with E-state index in [9.17, 15) is 0 Å². The van der Waals surface area contributed by atoms with Gasteiger partial charge in [-0.2, -0.15) is 0 Å². The molecule has 0 aromatic heterocycles. The number of rotatable bonds is 2. The van der Waals surface area contributed by atoms with Gasteiger partial charge in [0.05, 0.1) is 0 Å². The highest BCUT2D eigenvalue weighted by Crippen LogP contribution is 2.38. The zero-order valence-electron chi connectivity index (χ0n) is 12.7. The Morgan fingerprint density at radius 3 is 2.58 bits per heavy atom. The molecule has 0 spiro atoms. The fourth-order valence-electron chi connectivity index (χ4n) is 4.98. The Balaban J connectivity index is 1.61. The van der Waals surface area contributed by atoms with Crippen molar-refractivity contribution in [3.05, 3.63) is 0 Å². The van der Waals surface area contributed by atoms with Crippen LogP contribution in [0.5, 0.6) is 0 Å². The molecule has 1 aliphatic heterocycles. The van der Waals surface area contributed by atoms with Crippen molar-refractivity contribution in [1.82, 2.24) is 4.90 Å². The van der Waals surface area contributed by atoms with E-state index in [-0.39, 0.29) is 0 Å². The van der Waals surface area contributed by atoms with Crippen molar-refractivity contribution in [2.45, 2.75) is 76.8 Å². The first-order valence-corrected chi connectivity index (χ1v) is 8.77. The number of hydrogen-bond acceptors (Lipinski definition) is 2. The predicted molar refractivity (Wildman–Crippen MR) is 81.0 cm³/mol. The van der Waals surface area contributed by atoms with Gasteiger partial charge < -0.3 is 5.73 Å². The van der Waals surface area contributed by atoms with E-state index in [1.165, 1.54) is 70.9 Å². The van der Waals surface area contributed by atoms with Crippen LogP contribution in [-0.2, 0) is 0 Å². The van der Waals surface area contributed by atoms with Gasteiger partial charge in [0.15, 0.2) is 0 Å². The van der Waals surface area contributed by atoms with Gasteiger partial charge in [0.1, 0.15) is 0 Å². The summed E-state index contributed by atoms with van der Waals surface area (Å²) >= 11 is 0. The van der Waals surface area contributed by atoms with Crippen molar-refractivity contribution in [2.24, 2.45) is 23.5 Å². The number of fused-ring (bicyclic) bond motifs is 1. The van der Waals surface area contributed by atoms with Gasteiger partial charge in [-0.1, -0.05) is 32.6 Å². The summed E-state index contributed by atoms with van der Waals surface area (Å²) in [5.41, 5.74) is 6.45. The quantitative estimate of drug-likeness (QED) is 0.828. The van der Waals surface area contributed by atoms with Gasteiger partial charge in [0.2, 0.25) is 0 Å². The van der Waals surface area contributed by atoms with Crippen LogP contribution >= 0.6 is 0 Å². The Morgan fingerprint density at radius 1 is 1.00 bits per heavy atom. The summed E-state index contributed by atoms with van der Waals surface area (Å²) in [5, 5.41) is 0. The van der Waals surface area contributed by atoms with E-state index in [0.717, 1.165) is 17.8 Å². The molecule has 1 heterocycles. The lowest BCUT2D eigenvalue weighted by Crippen LogP contribution is -2.55. The lowest BCUT2D eigenvalue weighted by molar-refractivity contribution is 0.0268. The summed E-state index contributed by atoms with van der Waals surface area (Å²) in [6.45, 7) is 5.04. The normalized spacial score (nSPS) is 44.8. The van der Waals surface area contributed by atoms with Crippen LogP contribution < -0.4 is 5.73 Å². The SMILES string of the molecule is CCC1CCC(N)C(N2CCC3CCCCC3C2)C1. The zero-order chi connectivity index (χ0) is 13.2. The van der Waals surface area contributed by atoms with E-state index in [1.807, 2.05) is 0 Å². The molecule has 1 saturated heterocycles. The highest BCUT2D eigenvalue weighted by molar-refractivity contribution is 4.93. The first kappa shape index (κ1) is 13.9. The van der Waals surface area contributed by atoms with Crippen LogP contribution in [0.1, 0.15) is 64.7 Å². The van der Waals surface area contributed by atoms with Crippen molar-refractivity contribution >= 4 is 0 Å². The molecule has 2 heteroatoms. The van der Waals surface area contributed by atoms with E-state index >= 15 is 0 Å². The molecule has 3 fully saturated rings. The van der Waals surface area contributed by atoms with Crippen LogP contribution in [0.4, 0.5) is 0 Å². The molecule has 5 atom stereocenters. The molecule has 0 aromatic carbocycles. The Bertz CT molecular complexity index is 291. The molecule has 3 aliphatic rings. The molecular formula is C17H32N2. The Morgan fingerprint density at radius 2 is 1.79 bits per heavy atom. The fourth-order valence-corrected chi connectivity index (χ4v) is 4.98. The Hall–Kier alpha value is -0.0800. The molecule has 5 unspecified atom stereocenters. The van der Waals surface area contributed by atoms with Crippen molar-refractivity contribution in [3.8, 4) is 0 Å². The maximum Gasteiger partial charge on any atom is 0.0249 e. The molecule has 0 bridgehead atoms. The van der Waals surface area contributed by atoms with E-state index in [2.05, 4.69) is 11.8 Å². The molecule has 0 radical (unpaired) electrons. The molecule has 2 nitrogen and oxygen atoms in total. The van der Waals surface area contributed by atoms with Crippen LogP contribution in [0, 0.1) is 17.8 Å². The largest absolute Gasteiger partial charge is 0.326 e. The Kier molecular flexibility index (Phi) is 4.48. The smallest absolute Gasteiger partial charge is 0.0249 e. The van der Waals surface area contributed by atoms with Gasteiger partial charge in [0, 0.05) is 18.6 Å². The molecule has 2 saturated carbocycles. The molecule has 0 amide bonds. The highest BCUT2D eigenvalue weighted by atomic mass is 15.2. The lowest BCUT2D eigenvalue weighted by atomic mass is 9.73. The number of nitrogens with zero attached hydrogens (tertiary/aromatic N) is 1.